The first-order chi connectivity index (χ1) is 10.5. The number of phenolic OH excluding ortho intramolecular Hbond substituents is 4. The second kappa shape index (κ2) is 6.98. The average molecular weight is 447 g/mol. The molecule has 23 heavy (non-hydrogen) atoms. The Morgan fingerprint density at radius 2 is 1.70 bits per heavy atom. The molecule has 1 atom stereocenters. The van der Waals surface area contributed by atoms with Gasteiger partial charge in [0.1, 0.15) is 0 Å². The molecule has 0 aromatic heterocycles. The van der Waals surface area contributed by atoms with Gasteiger partial charge in [0.25, 0.3) is 0 Å². The molecule has 0 bridgehead atoms. The Balaban J connectivity index is 0.00000192. The third-order valence-corrected chi connectivity index (χ3v) is 4.54. The van der Waals surface area contributed by atoms with Crippen LogP contribution in [0.4, 0.5) is 0 Å². The first kappa shape index (κ1) is 17.9. The van der Waals surface area contributed by atoms with E-state index in [-0.39, 0.29) is 46.0 Å². The molecule has 0 radical (unpaired) electrons. The number of fused-ring (bicyclic) bond motifs is 1. The fraction of sp³-hybridized carbons (Fsp3) is 0.250. The number of nitrogens with one attached hydrogen (secondary N) is 1. The van der Waals surface area contributed by atoms with Crippen LogP contribution in [0.1, 0.15) is 22.7 Å². The Morgan fingerprint density at radius 3 is 2.39 bits per heavy atom. The Morgan fingerprint density at radius 1 is 1.00 bits per heavy atom. The van der Waals surface area contributed by atoms with Crippen molar-refractivity contribution in [2.45, 2.75) is 18.9 Å². The molecular formula is C16H17Br2NO4. The summed E-state index contributed by atoms with van der Waals surface area (Å²) in [6, 6.07) is 6.42. The van der Waals surface area contributed by atoms with E-state index in [9.17, 15) is 20.4 Å². The van der Waals surface area contributed by atoms with E-state index >= 15 is 0 Å². The van der Waals surface area contributed by atoms with E-state index in [0.29, 0.717) is 10.9 Å². The molecule has 0 aliphatic carbocycles. The Hall–Kier alpha value is -1.44. The third kappa shape index (κ3) is 3.57. The van der Waals surface area contributed by atoms with Crippen LogP contribution in [0.5, 0.6) is 23.0 Å². The fourth-order valence-corrected chi connectivity index (χ4v) is 3.34. The standard InChI is InChI=1S/C16H16BrNO4.BrH/c17-11-3-8(5-15(21)16(11)22)4-12-10-7-14(20)13(19)6-9(10)1-2-18-12;/h3,5-7,12,18-22H,1-2,4H2;1H. The molecule has 0 amide bonds. The van der Waals surface area contributed by atoms with Crippen molar-refractivity contribution in [3.8, 4) is 23.0 Å². The lowest BCUT2D eigenvalue weighted by Crippen LogP contribution is -2.31. The number of benzene rings is 2. The summed E-state index contributed by atoms with van der Waals surface area (Å²) >= 11 is 3.21. The predicted molar refractivity (Wildman–Crippen MR) is 95.7 cm³/mol. The van der Waals surface area contributed by atoms with Gasteiger partial charge in [0.05, 0.1) is 4.47 Å². The van der Waals surface area contributed by atoms with Crippen LogP contribution < -0.4 is 5.32 Å². The van der Waals surface area contributed by atoms with Crippen LogP contribution in [0.25, 0.3) is 0 Å². The number of hydrogen-bond donors (Lipinski definition) is 5. The number of phenols is 4. The van der Waals surface area contributed by atoms with Gasteiger partial charge in [-0.3, -0.25) is 0 Å². The molecule has 7 heteroatoms. The van der Waals surface area contributed by atoms with Crippen molar-refractivity contribution in [1.82, 2.24) is 5.32 Å². The topological polar surface area (TPSA) is 93.0 Å². The minimum Gasteiger partial charge on any atom is -0.504 e. The number of rotatable bonds is 2. The van der Waals surface area contributed by atoms with Crippen molar-refractivity contribution in [2.24, 2.45) is 0 Å². The molecule has 124 valence electrons. The second-order valence-corrected chi connectivity index (χ2v) is 6.30. The van der Waals surface area contributed by atoms with Crippen molar-refractivity contribution in [3.05, 3.63) is 45.4 Å². The van der Waals surface area contributed by atoms with Gasteiger partial charge in [0.2, 0.25) is 0 Å². The largest absolute Gasteiger partial charge is 0.504 e. The minimum atomic E-state index is -0.177. The van der Waals surface area contributed by atoms with Crippen LogP contribution in [0.2, 0.25) is 0 Å². The SMILES string of the molecule is Br.Oc1cc2c(cc1O)C(Cc1cc(O)c(O)c(Br)c1)NCC2. The molecule has 1 heterocycles. The molecule has 1 aliphatic rings. The first-order valence-corrected chi connectivity index (χ1v) is 7.73. The van der Waals surface area contributed by atoms with Gasteiger partial charge in [-0.05, 0) is 76.3 Å². The van der Waals surface area contributed by atoms with Crippen LogP contribution in [0.3, 0.4) is 0 Å². The molecule has 3 rings (SSSR count). The van der Waals surface area contributed by atoms with E-state index in [2.05, 4.69) is 21.2 Å². The summed E-state index contributed by atoms with van der Waals surface area (Å²) < 4.78 is 0.437. The van der Waals surface area contributed by atoms with E-state index in [0.717, 1.165) is 29.7 Å². The lowest BCUT2D eigenvalue weighted by molar-refractivity contribution is 0.397. The van der Waals surface area contributed by atoms with Crippen molar-refractivity contribution in [1.29, 1.82) is 0 Å². The quantitative estimate of drug-likeness (QED) is 0.456. The highest BCUT2D eigenvalue weighted by Gasteiger charge is 2.22. The smallest absolute Gasteiger partial charge is 0.171 e. The monoisotopic (exact) mass is 445 g/mol. The van der Waals surface area contributed by atoms with Gasteiger partial charge in [0, 0.05) is 6.04 Å². The van der Waals surface area contributed by atoms with E-state index in [1.54, 1.807) is 18.2 Å². The van der Waals surface area contributed by atoms with Crippen molar-refractivity contribution in [3.63, 3.8) is 0 Å². The average Bonchev–Trinajstić information content (AvgIpc) is 2.47. The van der Waals surface area contributed by atoms with Crippen molar-refractivity contribution >= 4 is 32.9 Å². The molecule has 1 unspecified atom stereocenters. The van der Waals surface area contributed by atoms with Crippen LogP contribution in [0.15, 0.2) is 28.7 Å². The molecule has 0 saturated heterocycles. The maximum atomic E-state index is 9.73. The Labute approximate surface area is 152 Å². The van der Waals surface area contributed by atoms with Crippen molar-refractivity contribution in [2.75, 3.05) is 6.54 Å². The van der Waals surface area contributed by atoms with Crippen LogP contribution in [-0.2, 0) is 12.8 Å². The summed E-state index contributed by atoms with van der Waals surface area (Å²) in [6.07, 6.45) is 1.37. The maximum Gasteiger partial charge on any atom is 0.171 e. The molecule has 2 aromatic rings. The van der Waals surface area contributed by atoms with Gasteiger partial charge < -0.3 is 25.7 Å². The van der Waals surface area contributed by atoms with E-state index < -0.39 is 0 Å². The lowest BCUT2D eigenvalue weighted by atomic mass is 9.90. The molecule has 0 saturated carbocycles. The summed E-state index contributed by atoms with van der Waals surface area (Å²) in [6.45, 7) is 0.771. The highest BCUT2D eigenvalue weighted by molar-refractivity contribution is 9.10. The first-order valence-electron chi connectivity index (χ1n) is 6.94. The van der Waals surface area contributed by atoms with E-state index in [4.69, 9.17) is 0 Å². The third-order valence-electron chi connectivity index (χ3n) is 3.94. The van der Waals surface area contributed by atoms with Gasteiger partial charge in [0.15, 0.2) is 23.0 Å². The summed E-state index contributed by atoms with van der Waals surface area (Å²) in [5, 5.41) is 42.0. The van der Waals surface area contributed by atoms with Gasteiger partial charge in [-0.15, -0.1) is 17.0 Å². The van der Waals surface area contributed by atoms with Gasteiger partial charge >= 0.3 is 0 Å². The molecular weight excluding hydrogens is 430 g/mol. The zero-order valence-electron chi connectivity index (χ0n) is 12.1. The highest BCUT2D eigenvalue weighted by atomic mass is 79.9. The van der Waals surface area contributed by atoms with Gasteiger partial charge in [-0.2, -0.15) is 0 Å². The number of halogens is 2. The second-order valence-electron chi connectivity index (χ2n) is 5.45. The Bertz CT molecular complexity index is 713. The fourth-order valence-electron chi connectivity index (χ4n) is 2.84. The predicted octanol–water partition coefficient (Wildman–Crippen LogP) is 3.28. The van der Waals surface area contributed by atoms with Crippen LogP contribution in [-0.4, -0.2) is 27.0 Å². The highest BCUT2D eigenvalue weighted by Crippen LogP contribution is 2.38. The van der Waals surface area contributed by atoms with Gasteiger partial charge in [-0.25, -0.2) is 0 Å². The molecule has 1 aliphatic heterocycles. The molecule has 0 fully saturated rings. The summed E-state index contributed by atoms with van der Waals surface area (Å²) in [5.74, 6) is -0.594. The van der Waals surface area contributed by atoms with Crippen molar-refractivity contribution < 1.29 is 20.4 Å². The normalized spacial score (nSPS) is 16.5. The molecule has 5 nitrogen and oxygen atoms in total. The summed E-state index contributed by atoms with van der Waals surface area (Å²) in [7, 11) is 0. The van der Waals surface area contributed by atoms with Crippen LogP contribution in [0, 0.1) is 0 Å². The molecule has 0 spiro atoms. The van der Waals surface area contributed by atoms with Gasteiger partial charge in [-0.1, -0.05) is 0 Å². The number of hydrogen-bond acceptors (Lipinski definition) is 5. The van der Waals surface area contributed by atoms with Crippen LogP contribution >= 0.6 is 32.9 Å². The zero-order valence-corrected chi connectivity index (χ0v) is 15.4. The Kier molecular flexibility index (Phi) is 5.44. The molecule has 5 N–H and O–H groups in total. The lowest BCUT2D eigenvalue weighted by Gasteiger charge is -2.27. The van der Waals surface area contributed by atoms with E-state index in [1.165, 1.54) is 6.07 Å². The maximum absolute atomic E-state index is 9.73. The number of aromatic hydroxyl groups is 4. The zero-order chi connectivity index (χ0) is 15.9. The summed E-state index contributed by atoms with van der Waals surface area (Å²) in [4.78, 5) is 0. The summed E-state index contributed by atoms with van der Waals surface area (Å²) in [5.41, 5.74) is 2.78. The van der Waals surface area contributed by atoms with E-state index in [1.807, 2.05) is 0 Å². The minimum absolute atomic E-state index is 0. The molecule has 2 aromatic carbocycles.